The van der Waals surface area contributed by atoms with Gasteiger partial charge in [0.25, 0.3) is 0 Å². The van der Waals surface area contributed by atoms with Crippen LogP contribution in [0.25, 0.3) is 5.69 Å². The maximum atomic E-state index is 13.5. The average Bonchev–Trinajstić information content (AvgIpc) is 3.49. The Kier molecular flexibility index (Phi) is 6.18. The molecule has 1 aliphatic heterocycles. The fraction of sp³-hybridized carbons (Fsp3) is 0.148. The number of carbonyl (C=O) groups is 2. The number of hydrogen-bond donors (Lipinski definition) is 0. The quantitative estimate of drug-likeness (QED) is 0.361. The molecule has 1 amide bonds. The van der Waals surface area contributed by atoms with Crippen molar-refractivity contribution >= 4 is 23.5 Å². The minimum Gasteiger partial charge on any atom is -0.497 e. The smallest absolute Gasteiger partial charge is 0.234 e. The van der Waals surface area contributed by atoms with Crippen LogP contribution in [0.3, 0.4) is 0 Å². The summed E-state index contributed by atoms with van der Waals surface area (Å²) in [5, 5.41) is 4.40. The Bertz CT molecular complexity index is 1300. The molecule has 0 bridgehead atoms. The van der Waals surface area contributed by atoms with E-state index in [0.29, 0.717) is 23.6 Å². The molecule has 3 aromatic carbocycles. The molecule has 170 valence electrons. The highest BCUT2D eigenvalue weighted by atomic mass is 32.2. The van der Waals surface area contributed by atoms with E-state index in [-0.39, 0.29) is 17.1 Å². The second-order valence-electron chi connectivity index (χ2n) is 7.94. The maximum absolute atomic E-state index is 13.5. The van der Waals surface area contributed by atoms with E-state index >= 15 is 0 Å². The summed E-state index contributed by atoms with van der Waals surface area (Å²) in [4.78, 5) is 28.2. The summed E-state index contributed by atoms with van der Waals surface area (Å²) in [6.45, 7) is 0.476. The Balaban J connectivity index is 1.57. The van der Waals surface area contributed by atoms with Gasteiger partial charge in [-0.15, -0.1) is 11.8 Å². The number of methoxy groups -OCH3 is 1. The van der Waals surface area contributed by atoms with Crippen LogP contribution < -0.4 is 4.74 Å². The van der Waals surface area contributed by atoms with E-state index in [1.165, 1.54) is 11.8 Å². The zero-order valence-electron chi connectivity index (χ0n) is 18.6. The van der Waals surface area contributed by atoms with Gasteiger partial charge in [0.2, 0.25) is 11.7 Å². The van der Waals surface area contributed by atoms with Crippen molar-refractivity contribution in [3.05, 3.63) is 114 Å². The van der Waals surface area contributed by atoms with E-state index in [0.717, 1.165) is 22.6 Å². The predicted molar refractivity (Wildman–Crippen MR) is 132 cm³/mol. The molecule has 0 N–H and O–H groups in total. The minimum atomic E-state index is -0.303. The Hall–Kier alpha value is -3.84. The monoisotopic (exact) mass is 469 g/mol. The molecule has 1 atom stereocenters. The molecule has 0 aliphatic carbocycles. The summed E-state index contributed by atoms with van der Waals surface area (Å²) >= 11 is 1.52. The first-order valence-electron chi connectivity index (χ1n) is 10.9. The zero-order valence-corrected chi connectivity index (χ0v) is 19.4. The number of hydrogen-bond acceptors (Lipinski definition) is 5. The standard InChI is InChI=1S/C27H23N3O3S/c1-33-22-14-12-21(13-15-22)30-17-23(25(28-30)26(32)20-10-6-3-7-11-20)27-29(24(31)18-34-27)16-19-8-4-2-5-9-19/h2-15,17,27H,16,18H2,1H3/t27-/m0/s1. The van der Waals surface area contributed by atoms with E-state index < -0.39 is 0 Å². The largest absolute Gasteiger partial charge is 0.497 e. The van der Waals surface area contributed by atoms with Crippen LogP contribution in [-0.2, 0) is 11.3 Å². The Labute approximate surface area is 202 Å². The van der Waals surface area contributed by atoms with Crippen molar-refractivity contribution in [1.82, 2.24) is 14.7 Å². The van der Waals surface area contributed by atoms with Crippen molar-refractivity contribution in [3.63, 3.8) is 0 Å². The summed E-state index contributed by atoms with van der Waals surface area (Å²) in [7, 11) is 1.62. The Morgan fingerprint density at radius 1 is 1.00 bits per heavy atom. The van der Waals surface area contributed by atoms with E-state index in [2.05, 4.69) is 0 Å². The molecule has 1 saturated heterocycles. The molecule has 1 aliphatic rings. The normalized spacial score (nSPS) is 15.5. The third kappa shape index (κ3) is 4.34. The molecule has 0 radical (unpaired) electrons. The summed E-state index contributed by atoms with van der Waals surface area (Å²) in [5.41, 5.74) is 3.50. The lowest BCUT2D eigenvalue weighted by atomic mass is 10.0. The number of nitrogens with zero attached hydrogens (tertiary/aromatic N) is 3. The predicted octanol–water partition coefficient (Wildman–Crippen LogP) is 4.89. The molecule has 34 heavy (non-hydrogen) atoms. The molecule has 0 unspecified atom stereocenters. The summed E-state index contributed by atoms with van der Waals surface area (Å²) in [6.07, 6.45) is 1.87. The van der Waals surface area contributed by atoms with Crippen molar-refractivity contribution in [2.45, 2.75) is 11.9 Å². The van der Waals surface area contributed by atoms with Crippen LogP contribution in [-0.4, -0.2) is 39.2 Å². The Morgan fingerprint density at radius 2 is 1.68 bits per heavy atom. The van der Waals surface area contributed by atoms with E-state index in [1.54, 1.807) is 23.9 Å². The van der Waals surface area contributed by atoms with Gasteiger partial charge in [-0.3, -0.25) is 9.59 Å². The van der Waals surface area contributed by atoms with Gasteiger partial charge in [0, 0.05) is 23.9 Å². The summed E-state index contributed by atoms with van der Waals surface area (Å²) in [5.74, 6) is 0.990. The lowest BCUT2D eigenvalue weighted by molar-refractivity contribution is -0.128. The molecule has 0 saturated carbocycles. The molecule has 0 spiro atoms. The van der Waals surface area contributed by atoms with Crippen LogP contribution in [0.2, 0.25) is 0 Å². The molecule has 2 heterocycles. The van der Waals surface area contributed by atoms with Crippen LogP contribution in [0.4, 0.5) is 0 Å². The van der Waals surface area contributed by atoms with Crippen molar-refractivity contribution in [3.8, 4) is 11.4 Å². The van der Waals surface area contributed by atoms with E-state index in [9.17, 15) is 9.59 Å². The highest BCUT2D eigenvalue weighted by Crippen LogP contribution is 2.41. The summed E-state index contributed by atoms with van der Waals surface area (Å²) in [6, 6.07) is 26.5. The minimum absolute atomic E-state index is 0.0501. The van der Waals surface area contributed by atoms with E-state index in [4.69, 9.17) is 9.84 Å². The molecular formula is C27H23N3O3S. The van der Waals surface area contributed by atoms with Gasteiger partial charge in [0.1, 0.15) is 16.8 Å². The SMILES string of the molecule is COc1ccc(-n2cc([C@@H]3SCC(=O)N3Cc3ccccc3)c(C(=O)c3ccccc3)n2)cc1. The molecule has 6 nitrogen and oxygen atoms in total. The van der Waals surface area contributed by atoms with Gasteiger partial charge in [0.05, 0.1) is 18.6 Å². The third-order valence-corrected chi connectivity index (χ3v) is 7.00. The molecule has 1 aromatic heterocycles. The number of amides is 1. The number of thioether (sulfide) groups is 1. The average molecular weight is 470 g/mol. The highest BCUT2D eigenvalue weighted by molar-refractivity contribution is 8.00. The number of benzene rings is 3. The van der Waals surface area contributed by atoms with E-state index in [1.807, 2.05) is 83.9 Å². The van der Waals surface area contributed by atoms with Crippen molar-refractivity contribution in [2.75, 3.05) is 12.9 Å². The second kappa shape index (κ2) is 9.57. The van der Waals surface area contributed by atoms with Crippen LogP contribution in [0, 0.1) is 0 Å². The van der Waals surface area contributed by atoms with Crippen molar-refractivity contribution < 1.29 is 14.3 Å². The maximum Gasteiger partial charge on any atom is 0.234 e. The first-order valence-corrected chi connectivity index (χ1v) is 12.0. The fourth-order valence-electron chi connectivity index (χ4n) is 4.00. The molecule has 1 fully saturated rings. The molecular weight excluding hydrogens is 446 g/mol. The van der Waals surface area contributed by atoms with Crippen LogP contribution in [0.15, 0.2) is 91.1 Å². The van der Waals surface area contributed by atoms with Gasteiger partial charge in [-0.05, 0) is 29.8 Å². The first kappa shape index (κ1) is 22.0. The number of ketones is 1. The highest BCUT2D eigenvalue weighted by Gasteiger charge is 2.37. The lowest BCUT2D eigenvalue weighted by Crippen LogP contribution is -2.28. The topological polar surface area (TPSA) is 64.4 Å². The number of carbonyl (C=O) groups excluding carboxylic acids is 2. The molecule has 7 heteroatoms. The molecule has 5 rings (SSSR count). The van der Waals surface area contributed by atoms with Crippen LogP contribution >= 0.6 is 11.8 Å². The van der Waals surface area contributed by atoms with Crippen molar-refractivity contribution in [2.24, 2.45) is 0 Å². The molecule has 4 aromatic rings. The van der Waals surface area contributed by atoms with Crippen LogP contribution in [0.1, 0.15) is 32.6 Å². The second-order valence-corrected chi connectivity index (χ2v) is 9.01. The number of rotatable bonds is 7. The van der Waals surface area contributed by atoms with Gasteiger partial charge in [0.15, 0.2) is 0 Å². The van der Waals surface area contributed by atoms with Gasteiger partial charge in [-0.25, -0.2) is 4.68 Å². The lowest BCUT2D eigenvalue weighted by Gasteiger charge is -2.24. The zero-order chi connectivity index (χ0) is 23.5. The fourth-order valence-corrected chi connectivity index (χ4v) is 5.19. The van der Waals surface area contributed by atoms with Crippen molar-refractivity contribution in [1.29, 1.82) is 0 Å². The van der Waals surface area contributed by atoms with Gasteiger partial charge < -0.3 is 9.64 Å². The van der Waals surface area contributed by atoms with Gasteiger partial charge in [-0.2, -0.15) is 5.10 Å². The van der Waals surface area contributed by atoms with Gasteiger partial charge in [-0.1, -0.05) is 60.7 Å². The third-order valence-electron chi connectivity index (χ3n) is 5.76. The van der Waals surface area contributed by atoms with Crippen LogP contribution in [0.5, 0.6) is 5.75 Å². The number of ether oxygens (including phenoxy) is 1. The first-order chi connectivity index (χ1) is 16.6. The number of aromatic nitrogens is 2. The summed E-state index contributed by atoms with van der Waals surface area (Å²) < 4.78 is 6.97. The Morgan fingerprint density at radius 3 is 2.35 bits per heavy atom. The van der Waals surface area contributed by atoms with Gasteiger partial charge >= 0.3 is 0 Å².